The number of hydrogen-bond donors (Lipinski definition) is 1. The number of sulfonamides is 1. The maximum Gasteiger partial charge on any atom is 0.264 e. The fourth-order valence-corrected chi connectivity index (χ4v) is 5.55. The van der Waals surface area contributed by atoms with Crippen LogP contribution in [0.1, 0.15) is 25.8 Å². The Balaban J connectivity index is 2.00. The third-order valence-corrected chi connectivity index (χ3v) is 7.98. The number of hydrogen-bond acceptors (Lipinski definition) is 6. The largest absolute Gasteiger partial charge is 0.497 e. The maximum atomic E-state index is 13.9. The van der Waals surface area contributed by atoms with Crippen molar-refractivity contribution in [3.05, 3.63) is 84.4 Å². The molecule has 0 aliphatic heterocycles. The first-order valence-corrected chi connectivity index (χ1v) is 14.1. The van der Waals surface area contributed by atoms with Gasteiger partial charge in [-0.1, -0.05) is 37.3 Å². The molecule has 0 fully saturated rings. The molecule has 0 aliphatic carbocycles. The molecule has 3 aromatic rings. The minimum absolute atomic E-state index is 0.0163. The zero-order valence-electron chi connectivity index (χ0n) is 22.7. The minimum Gasteiger partial charge on any atom is -0.497 e. The predicted octanol–water partition coefficient (Wildman–Crippen LogP) is 3.84. The lowest BCUT2D eigenvalue weighted by molar-refractivity contribution is -0.140. The van der Waals surface area contributed by atoms with Gasteiger partial charge in [0.1, 0.15) is 24.1 Å². The first-order valence-electron chi connectivity index (χ1n) is 12.7. The highest BCUT2D eigenvalue weighted by atomic mass is 32.2. The molecule has 208 valence electrons. The van der Waals surface area contributed by atoms with Crippen molar-refractivity contribution in [2.75, 3.05) is 31.6 Å². The third-order valence-electron chi connectivity index (χ3n) is 6.19. The molecule has 3 aromatic carbocycles. The Bertz CT molecular complexity index is 1330. The van der Waals surface area contributed by atoms with Gasteiger partial charge in [-0.25, -0.2) is 8.42 Å². The van der Waals surface area contributed by atoms with Gasteiger partial charge in [-0.2, -0.15) is 0 Å². The Kier molecular flexibility index (Phi) is 10.3. The third kappa shape index (κ3) is 7.29. The number of rotatable bonds is 13. The number of benzene rings is 3. The lowest BCUT2D eigenvalue weighted by Gasteiger charge is -2.33. The van der Waals surface area contributed by atoms with Gasteiger partial charge in [-0.3, -0.25) is 13.9 Å². The molecule has 2 amide bonds. The molecule has 1 N–H and O–H groups in total. The molecule has 0 bridgehead atoms. The van der Waals surface area contributed by atoms with Gasteiger partial charge in [-0.15, -0.1) is 0 Å². The Hall–Kier alpha value is -4.05. The molecule has 3 rings (SSSR count). The Morgan fingerprint density at radius 3 is 2.05 bits per heavy atom. The van der Waals surface area contributed by atoms with Gasteiger partial charge in [0.15, 0.2) is 0 Å². The lowest BCUT2D eigenvalue weighted by Crippen LogP contribution is -2.51. The van der Waals surface area contributed by atoms with Crippen molar-refractivity contribution in [1.29, 1.82) is 0 Å². The number of para-hydroxylation sites is 1. The second-order valence-electron chi connectivity index (χ2n) is 8.66. The molecule has 10 heteroatoms. The number of carbonyl (C=O) groups is 2. The number of carbonyl (C=O) groups excluding carboxylic acids is 2. The standard InChI is InChI=1S/C29H35N3O6S/c1-5-27(29(34)30-3)31(20-22-12-14-24(37-4)15-13-22)28(33)21-32(23-10-8-7-9-11-23)39(35,36)26-18-16-25(17-19-26)38-6-2/h7-19,27H,5-6,20-21H2,1-4H3,(H,30,34)/t27-/m1/s1. The Morgan fingerprint density at radius 2 is 1.51 bits per heavy atom. The molecule has 0 heterocycles. The summed E-state index contributed by atoms with van der Waals surface area (Å²) in [6.45, 7) is 3.71. The van der Waals surface area contributed by atoms with Crippen LogP contribution in [0.5, 0.6) is 11.5 Å². The number of amides is 2. The smallest absolute Gasteiger partial charge is 0.264 e. The van der Waals surface area contributed by atoms with E-state index in [1.165, 1.54) is 24.1 Å². The zero-order chi connectivity index (χ0) is 28.4. The van der Waals surface area contributed by atoms with Crippen molar-refractivity contribution < 1.29 is 27.5 Å². The number of ether oxygens (including phenoxy) is 2. The van der Waals surface area contributed by atoms with E-state index in [0.29, 0.717) is 30.2 Å². The average Bonchev–Trinajstić information content (AvgIpc) is 2.96. The van der Waals surface area contributed by atoms with Crippen molar-refractivity contribution in [1.82, 2.24) is 10.2 Å². The van der Waals surface area contributed by atoms with E-state index >= 15 is 0 Å². The summed E-state index contributed by atoms with van der Waals surface area (Å²) < 4.78 is 39.4. The fourth-order valence-electron chi connectivity index (χ4n) is 4.14. The highest BCUT2D eigenvalue weighted by molar-refractivity contribution is 7.92. The van der Waals surface area contributed by atoms with Crippen LogP contribution in [0.2, 0.25) is 0 Å². The van der Waals surface area contributed by atoms with E-state index in [9.17, 15) is 18.0 Å². The number of nitrogens with zero attached hydrogens (tertiary/aromatic N) is 2. The van der Waals surface area contributed by atoms with Crippen molar-refractivity contribution in [2.45, 2.75) is 37.8 Å². The van der Waals surface area contributed by atoms with E-state index in [-0.39, 0.29) is 17.3 Å². The average molecular weight is 554 g/mol. The van der Waals surface area contributed by atoms with Crippen molar-refractivity contribution >= 4 is 27.5 Å². The molecular weight excluding hydrogens is 518 g/mol. The van der Waals surface area contributed by atoms with E-state index in [0.717, 1.165) is 9.87 Å². The minimum atomic E-state index is -4.14. The van der Waals surface area contributed by atoms with E-state index in [1.807, 2.05) is 6.92 Å². The highest BCUT2D eigenvalue weighted by Gasteiger charge is 2.33. The normalized spacial score (nSPS) is 11.8. The Labute approximate surface area is 230 Å². The van der Waals surface area contributed by atoms with Crippen molar-refractivity contribution in [2.24, 2.45) is 0 Å². The zero-order valence-corrected chi connectivity index (χ0v) is 23.5. The molecule has 0 saturated carbocycles. The van der Waals surface area contributed by atoms with Crippen molar-refractivity contribution in [3.8, 4) is 11.5 Å². The summed E-state index contributed by atoms with van der Waals surface area (Å²) in [6, 6.07) is 20.9. The van der Waals surface area contributed by atoms with Crippen LogP contribution in [0.25, 0.3) is 0 Å². The Morgan fingerprint density at radius 1 is 0.897 bits per heavy atom. The van der Waals surface area contributed by atoms with Crippen molar-refractivity contribution in [3.63, 3.8) is 0 Å². The van der Waals surface area contributed by atoms with Gasteiger partial charge in [0, 0.05) is 13.6 Å². The summed E-state index contributed by atoms with van der Waals surface area (Å²) in [5.74, 6) is 0.354. The molecule has 0 spiro atoms. The van der Waals surface area contributed by atoms with Crippen LogP contribution in [0.3, 0.4) is 0 Å². The first kappa shape index (κ1) is 29.5. The van der Waals surface area contributed by atoms with Crippen LogP contribution in [-0.4, -0.2) is 58.5 Å². The fraction of sp³-hybridized carbons (Fsp3) is 0.310. The maximum absolute atomic E-state index is 13.9. The van der Waals surface area contributed by atoms with Gasteiger partial charge in [0.2, 0.25) is 11.8 Å². The van der Waals surface area contributed by atoms with Crippen LogP contribution in [0, 0.1) is 0 Å². The molecular formula is C29H35N3O6S. The van der Waals surface area contributed by atoms with Crippen LogP contribution >= 0.6 is 0 Å². The summed E-state index contributed by atoms with van der Waals surface area (Å²) >= 11 is 0. The highest BCUT2D eigenvalue weighted by Crippen LogP contribution is 2.26. The van der Waals surface area contributed by atoms with E-state index in [2.05, 4.69) is 5.32 Å². The quantitative estimate of drug-likeness (QED) is 0.345. The van der Waals surface area contributed by atoms with E-state index in [1.54, 1.807) is 80.8 Å². The molecule has 0 aromatic heterocycles. The number of likely N-dealkylation sites (N-methyl/N-ethyl adjacent to an activating group) is 1. The monoisotopic (exact) mass is 553 g/mol. The molecule has 9 nitrogen and oxygen atoms in total. The van der Waals surface area contributed by atoms with Crippen LogP contribution in [0.15, 0.2) is 83.8 Å². The summed E-state index contributed by atoms with van der Waals surface area (Å²) in [5.41, 5.74) is 1.10. The molecule has 1 atom stereocenters. The van der Waals surface area contributed by atoms with E-state index in [4.69, 9.17) is 9.47 Å². The number of methoxy groups -OCH3 is 1. The van der Waals surface area contributed by atoms with Crippen LogP contribution in [-0.2, 0) is 26.2 Å². The topological polar surface area (TPSA) is 105 Å². The van der Waals surface area contributed by atoms with Gasteiger partial charge in [0.25, 0.3) is 10.0 Å². The van der Waals surface area contributed by atoms with Gasteiger partial charge >= 0.3 is 0 Å². The summed E-state index contributed by atoms with van der Waals surface area (Å²) in [5, 5.41) is 2.62. The van der Waals surface area contributed by atoms with Gasteiger partial charge in [0.05, 0.1) is 24.3 Å². The summed E-state index contributed by atoms with van der Waals surface area (Å²) in [4.78, 5) is 28.1. The molecule has 39 heavy (non-hydrogen) atoms. The lowest BCUT2D eigenvalue weighted by atomic mass is 10.1. The molecule has 0 unspecified atom stereocenters. The molecule has 0 aliphatic rings. The van der Waals surface area contributed by atoms with Crippen LogP contribution in [0.4, 0.5) is 5.69 Å². The van der Waals surface area contributed by atoms with Gasteiger partial charge < -0.3 is 19.7 Å². The summed E-state index contributed by atoms with van der Waals surface area (Å²) in [7, 11) is -1.07. The SMILES string of the molecule is CCOc1ccc(S(=O)(=O)N(CC(=O)N(Cc2ccc(OC)cc2)[C@H](CC)C(=O)NC)c2ccccc2)cc1. The second-order valence-corrected chi connectivity index (χ2v) is 10.5. The second kappa shape index (κ2) is 13.7. The predicted molar refractivity (Wildman–Crippen MR) is 150 cm³/mol. The molecule has 0 radical (unpaired) electrons. The van der Waals surface area contributed by atoms with Gasteiger partial charge in [-0.05, 0) is 67.4 Å². The summed E-state index contributed by atoms with van der Waals surface area (Å²) in [6.07, 6.45) is 0.346. The van der Waals surface area contributed by atoms with E-state index < -0.39 is 28.5 Å². The number of anilines is 1. The first-order chi connectivity index (χ1) is 18.7. The van der Waals surface area contributed by atoms with Crippen LogP contribution < -0.4 is 19.1 Å². The number of nitrogens with one attached hydrogen (secondary N) is 1. The molecule has 0 saturated heterocycles.